The van der Waals surface area contributed by atoms with Gasteiger partial charge in [-0.1, -0.05) is 23.7 Å². The summed E-state index contributed by atoms with van der Waals surface area (Å²) in [5.74, 6) is 0. The van der Waals surface area contributed by atoms with E-state index in [2.05, 4.69) is 16.9 Å². The van der Waals surface area contributed by atoms with Crippen molar-refractivity contribution in [2.45, 2.75) is 30.6 Å². The van der Waals surface area contributed by atoms with Gasteiger partial charge in [0.05, 0.1) is 6.04 Å². The summed E-state index contributed by atoms with van der Waals surface area (Å²) in [6, 6.07) is 7.32. The lowest BCUT2D eigenvalue weighted by molar-refractivity contribution is 0.0777. The zero-order valence-electron chi connectivity index (χ0n) is 13.0. The van der Waals surface area contributed by atoms with E-state index in [1.807, 2.05) is 43.0 Å². The molecule has 1 aromatic carbocycles. The van der Waals surface area contributed by atoms with Crippen LogP contribution in [0.4, 0.5) is 4.79 Å². The summed E-state index contributed by atoms with van der Waals surface area (Å²) in [6.07, 6.45) is 4.05. The lowest BCUT2D eigenvalue weighted by Crippen LogP contribution is -2.47. The zero-order valence-corrected chi connectivity index (χ0v) is 14.6. The van der Waals surface area contributed by atoms with E-state index in [0.717, 1.165) is 31.6 Å². The Labute approximate surface area is 141 Å². The van der Waals surface area contributed by atoms with Crippen molar-refractivity contribution < 1.29 is 9.53 Å². The van der Waals surface area contributed by atoms with Gasteiger partial charge in [0.25, 0.3) is 0 Å². The fraction of sp³-hybridized carbons (Fsp3) is 0.562. The second-order valence-electron chi connectivity index (χ2n) is 5.60. The Hall–Kier alpha value is -0.910. The molecule has 1 heterocycles. The van der Waals surface area contributed by atoms with Crippen LogP contribution in [0.3, 0.4) is 0 Å². The Balaban J connectivity index is 1.83. The van der Waals surface area contributed by atoms with Gasteiger partial charge >= 0.3 is 6.03 Å². The summed E-state index contributed by atoms with van der Waals surface area (Å²) in [6.45, 7) is 4.16. The Morgan fingerprint density at radius 1 is 1.36 bits per heavy atom. The molecule has 2 N–H and O–H groups in total. The highest BCUT2D eigenvalue weighted by atomic mass is 35.5. The van der Waals surface area contributed by atoms with Crippen LogP contribution < -0.4 is 10.6 Å². The van der Waals surface area contributed by atoms with Crippen LogP contribution in [0.2, 0.25) is 5.02 Å². The molecule has 0 bridgehead atoms. The number of carbonyl (C=O) groups excluding carboxylic acids is 1. The van der Waals surface area contributed by atoms with Crippen LogP contribution in [0.5, 0.6) is 0 Å². The van der Waals surface area contributed by atoms with Gasteiger partial charge in [-0.25, -0.2) is 4.79 Å². The molecule has 1 aliphatic heterocycles. The molecular weight excluding hydrogens is 320 g/mol. The second-order valence-corrected chi connectivity index (χ2v) is 7.31. The van der Waals surface area contributed by atoms with Gasteiger partial charge in [0.15, 0.2) is 0 Å². The molecule has 2 amide bonds. The summed E-state index contributed by atoms with van der Waals surface area (Å²) in [4.78, 5) is 12.1. The Morgan fingerprint density at radius 2 is 2.00 bits per heavy atom. The van der Waals surface area contributed by atoms with Crippen molar-refractivity contribution in [1.82, 2.24) is 10.6 Å². The number of rotatable bonds is 5. The third-order valence-corrected chi connectivity index (χ3v) is 5.80. The summed E-state index contributed by atoms with van der Waals surface area (Å²) in [7, 11) is 0. The molecule has 2 rings (SSSR count). The summed E-state index contributed by atoms with van der Waals surface area (Å²) >= 11 is 7.69. The smallest absolute Gasteiger partial charge is 0.315 e. The molecule has 0 aromatic heterocycles. The molecule has 1 unspecified atom stereocenters. The van der Waals surface area contributed by atoms with Crippen LogP contribution in [0, 0.1) is 0 Å². The summed E-state index contributed by atoms with van der Waals surface area (Å²) in [5.41, 5.74) is 1.03. The molecule has 6 heteroatoms. The molecule has 0 radical (unpaired) electrons. The molecule has 1 aliphatic rings. The van der Waals surface area contributed by atoms with Gasteiger partial charge < -0.3 is 15.4 Å². The van der Waals surface area contributed by atoms with Gasteiger partial charge in [0.1, 0.15) is 0 Å². The third-order valence-electron chi connectivity index (χ3n) is 4.13. The van der Waals surface area contributed by atoms with Crippen LogP contribution in [0.25, 0.3) is 0 Å². The second kappa shape index (κ2) is 8.09. The van der Waals surface area contributed by atoms with Crippen molar-refractivity contribution in [3.63, 3.8) is 0 Å². The Bertz CT molecular complexity index is 489. The first-order valence-electron chi connectivity index (χ1n) is 7.47. The molecule has 0 spiro atoms. The molecule has 0 aliphatic carbocycles. The number of nitrogens with one attached hydrogen (secondary N) is 2. The Kier molecular flexibility index (Phi) is 6.41. The predicted octanol–water partition coefficient (Wildman–Crippen LogP) is 3.61. The van der Waals surface area contributed by atoms with Crippen molar-refractivity contribution in [3.05, 3.63) is 34.9 Å². The van der Waals surface area contributed by atoms with Gasteiger partial charge in [-0.2, -0.15) is 11.8 Å². The maximum absolute atomic E-state index is 12.1. The molecular formula is C16H23ClN2O2S. The van der Waals surface area contributed by atoms with E-state index in [1.54, 1.807) is 0 Å². The van der Waals surface area contributed by atoms with Crippen molar-refractivity contribution in [1.29, 1.82) is 0 Å². The monoisotopic (exact) mass is 342 g/mol. The Morgan fingerprint density at radius 3 is 2.59 bits per heavy atom. The zero-order chi connectivity index (χ0) is 16.0. The van der Waals surface area contributed by atoms with Crippen LogP contribution in [-0.4, -0.2) is 36.8 Å². The van der Waals surface area contributed by atoms with Crippen molar-refractivity contribution in [3.8, 4) is 0 Å². The van der Waals surface area contributed by atoms with Gasteiger partial charge in [0, 0.05) is 29.5 Å². The first-order chi connectivity index (χ1) is 10.5. The van der Waals surface area contributed by atoms with Crippen molar-refractivity contribution in [2.75, 3.05) is 26.0 Å². The average molecular weight is 343 g/mol. The molecule has 4 nitrogen and oxygen atoms in total. The molecule has 1 atom stereocenters. The minimum atomic E-state index is -0.137. The first kappa shape index (κ1) is 17.4. The quantitative estimate of drug-likeness (QED) is 0.859. The minimum Gasteiger partial charge on any atom is -0.381 e. The summed E-state index contributed by atoms with van der Waals surface area (Å²) < 4.78 is 5.51. The lowest BCUT2D eigenvalue weighted by atomic mass is 9.99. The largest absolute Gasteiger partial charge is 0.381 e. The van der Waals surface area contributed by atoms with Gasteiger partial charge in [0.2, 0.25) is 0 Å². The van der Waals surface area contributed by atoms with Gasteiger partial charge in [-0.15, -0.1) is 0 Å². The molecule has 22 heavy (non-hydrogen) atoms. The summed E-state index contributed by atoms with van der Waals surface area (Å²) in [5, 5.41) is 6.66. The SMILES string of the molecule is CSC1(CNC(=O)NC(C)c2ccc(Cl)cc2)CCOCC1. The van der Waals surface area contributed by atoms with E-state index < -0.39 is 0 Å². The van der Waals surface area contributed by atoms with E-state index >= 15 is 0 Å². The van der Waals surface area contributed by atoms with Crippen LogP contribution >= 0.6 is 23.4 Å². The molecule has 122 valence electrons. The predicted molar refractivity (Wildman–Crippen MR) is 92.7 cm³/mol. The van der Waals surface area contributed by atoms with E-state index in [-0.39, 0.29) is 16.8 Å². The number of amides is 2. The normalized spacial score (nSPS) is 18.5. The lowest BCUT2D eigenvalue weighted by Gasteiger charge is -2.35. The third kappa shape index (κ3) is 4.80. The first-order valence-corrected chi connectivity index (χ1v) is 9.08. The van der Waals surface area contributed by atoms with Gasteiger partial charge in [-0.3, -0.25) is 0 Å². The van der Waals surface area contributed by atoms with E-state index in [9.17, 15) is 4.79 Å². The van der Waals surface area contributed by atoms with Crippen LogP contribution in [0.15, 0.2) is 24.3 Å². The standard InChI is InChI=1S/C16H23ClN2O2S/c1-12(13-3-5-14(17)6-4-13)19-15(20)18-11-16(22-2)7-9-21-10-8-16/h3-6,12H,7-11H2,1-2H3,(H2,18,19,20). The van der Waals surface area contributed by atoms with Crippen molar-refractivity contribution >= 4 is 29.4 Å². The maximum atomic E-state index is 12.1. The van der Waals surface area contributed by atoms with Crippen LogP contribution in [-0.2, 0) is 4.74 Å². The molecule has 1 saturated heterocycles. The van der Waals surface area contributed by atoms with E-state index in [4.69, 9.17) is 16.3 Å². The molecule has 1 aromatic rings. The highest BCUT2D eigenvalue weighted by molar-refractivity contribution is 8.00. The number of carbonyl (C=O) groups is 1. The highest BCUT2D eigenvalue weighted by Crippen LogP contribution is 2.32. The van der Waals surface area contributed by atoms with E-state index in [0.29, 0.717) is 11.6 Å². The highest BCUT2D eigenvalue weighted by Gasteiger charge is 2.32. The minimum absolute atomic E-state index is 0.0582. The average Bonchev–Trinajstić information content (AvgIpc) is 2.54. The topological polar surface area (TPSA) is 50.4 Å². The number of urea groups is 1. The molecule has 1 fully saturated rings. The fourth-order valence-corrected chi connectivity index (χ4v) is 3.44. The molecule has 0 saturated carbocycles. The number of halogens is 1. The number of hydrogen-bond acceptors (Lipinski definition) is 3. The number of benzene rings is 1. The fourth-order valence-electron chi connectivity index (χ4n) is 2.52. The van der Waals surface area contributed by atoms with Crippen molar-refractivity contribution in [2.24, 2.45) is 0 Å². The van der Waals surface area contributed by atoms with Gasteiger partial charge in [-0.05, 0) is 43.7 Å². The van der Waals surface area contributed by atoms with E-state index in [1.165, 1.54) is 0 Å². The van der Waals surface area contributed by atoms with Crippen LogP contribution in [0.1, 0.15) is 31.4 Å². The maximum Gasteiger partial charge on any atom is 0.315 e. The number of ether oxygens (including phenoxy) is 1. The number of hydrogen-bond donors (Lipinski definition) is 2. The number of thioether (sulfide) groups is 1.